The van der Waals surface area contributed by atoms with Crippen LogP contribution in [0.25, 0.3) is 49.3 Å². The number of nitrogens with zero attached hydrogens (tertiary/aromatic N) is 3. The Balaban J connectivity index is 0.000000123. The summed E-state index contributed by atoms with van der Waals surface area (Å²) >= 11 is 10.0. The SMILES string of the molecule is Brc1cncc(-n2c3ccccc3c3ccccc32)c1.Brc1cncc(Br)c1.c1ccc2c(c1)[nH]c1ccccc12. The molecule has 0 bridgehead atoms. The number of aromatic nitrogens is 4. The van der Waals surface area contributed by atoms with Gasteiger partial charge in [0.25, 0.3) is 0 Å². The van der Waals surface area contributed by atoms with Gasteiger partial charge in [-0.3, -0.25) is 9.97 Å². The van der Waals surface area contributed by atoms with E-state index in [1.54, 1.807) is 18.6 Å². The van der Waals surface area contributed by atoms with Crippen molar-refractivity contribution in [2.75, 3.05) is 0 Å². The van der Waals surface area contributed by atoms with E-state index in [0.29, 0.717) is 0 Å². The van der Waals surface area contributed by atoms with Gasteiger partial charge in [0.2, 0.25) is 0 Å². The van der Waals surface area contributed by atoms with Crippen molar-refractivity contribution >= 4 is 91.4 Å². The zero-order valence-corrected chi connectivity index (χ0v) is 26.4. The Morgan fingerprint density at radius 2 is 0.878 bits per heavy atom. The fourth-order valence-electron chi connectivity index (χ4n) is 4.91. The number of nitrogens with one attached hydrogen (secondary N) is 1. The van der Waals surface area contributed by atoms with Gasteiger partial charge in [-0.25, -0.2) is 0 Å². The number of hydrogen-bond acceptors (Lipinski definition) is 2. The second kappa shape index (κ2) is 12.4. The van der Waals surface area contributed by atoms with E-state index in [1.807, 2.05) is 12.3 Å². The number of fused-ring (bicyclic) bond motifs is 6. The topological polar surface area (TPSA) is 46.5 Å². The van der Waals surface area contributed by atoms with Crippen molar-refractivity contribution in [2.24, 2.45) is 0 Å². The summed E-state index contributed by atoms with van der Waals surface area (Å²) in [5, 5.41) is 5.14. The molecule has 0 amide bonds. The quantitative estimate of drug-likeness (QED) is 0.183. The highest BCUT2D eigenvalue weighted by molar-refractivity contribution is 9.11. The van der Waals surface area contributed by atoms with Crippen molar-refractivity contribution in [3.63, 3.8) is 0 Å². The van der Waals surface area contributed by atoms with Gasteiger partial charge in [0, 0.05) is 64.6 Å². The van der Waals surface area contributed by atoms with E-state index in [9.17, 15) is 0 Å². The van der Waals surface area contributed by atoms with Crippen LogP contribution in [0.15, 0.2) is 147 Å². The lowest BCUT2D eigenvalue weighted by Crippen LogP contribution is -1.94. The number of aromatic amines is 1. The van der Waals surface area contributed by atoms with Gasteiger partial charge >= 0.3 is 0 Å². The number of para-hydroxylation sites is 4. The highest BCUT2D eigenvalue weighted by Crippen LogP contribution is 2.32. The number of rotatable bonds is 1. The summed E-state index contributed by atoms with van der Waals surface area (Å²) in [6, 6.07) is 37.7. The summed E-state index contributed by atoms with van der Waals surface area (Å²) in [6.45, 7) is 0. The van der Waals surface area contributed by atoms with Gasteiger partial charge in [-0.2, -0.15) is 0 Å². The smallest absolute Gasteiger partial charge is 0.0656 e. The third-order valence-electron chi connectivity index (χ3n) is 6.61. The highest BCUT2D eigenvalue weighted by atomic mass is 79.9. The van der Waals surface area contributed by atoms with Gasteiger partial charge in [0.05, 0.1) is 22.9 Å². The van der Waals surface area contributed by atoms with Crippen LogP contribution in [-0.4, -0.2) is 19.5 Å². The summed E-state index contributed by atoms with van der Waals surface area (Å²) in [5.41, 5.74) is 5.89. The molecule has 0 aliphatic carbocycles. The third-order valence-corrected chi connectivity index (χ3v) is 7.91. The standard InChI is InChI=1S/C17H11BrN2.C12H9N.C5H3Br2N/c18-12-9-13(11-19-10-12)20-16-7-3-1-5-14(16)15-6-2-4-8-17(15)20;1-3-7-11-9(5-1)10-6-2-4-8-12(10)13-11;6-4-1-5(7)3-8-2-4/h1-11H;1-8,13H;1-3H. The number of pyridine rings is 2. The lowest BCUT2D eigenvalue weighted by molar-refractivity contribution is 1.13. The van der Waals surface area contributed by atoms with E-state index in [1.165, 1.54) is 43.6 Å². The fraction of sp³-hybridized carbons (Fsp3) is 0. The molecule has 0 unspecified atom stereocenters. The molecule has 0 saturated carbocycles. The molecule has 0 aliphatic rings. The van der Waals surface area contributed by atoms with Crippen LogP contribution in [0.5, 0.6) is 0 Å². The van der Waals surface area contributed by atoms with Crippen LogP contribution in [0.1, 0.15) is 0 Å². The Kier molecular flexibility index (Phi) is 8.28. The molecular formula is C34H23Br3N4. The average molecular weight is 727 g/mol. The van der Waals surface area contributed by atoms with E-state index in [2.05, 4.69) is 170 Å². The van der Waals surface area contributed by atoms with Gasteiger partial charge in [-0.05, 0) is 84.2 Å². The van der Waals surface area contributed by atoms with Crippen LogP contribution < -0.4 is 0 Å². The third kappa shape index (κ3) is 5.98. The summed E-state index contributed by atoms with van der Waals surface area (Å²) in [6.07, 6.45) is 7.18. The first-order chi connectivity index (χ1) is 20.1. The van der Waals surface area contributed by atoms with Crippen molar-refractivity contribution in [1.82, 2.24) is 19.5 Å². The van der Waals surface area contributed by atoms with E-state index in [0.717, 1.165) is 19.1 Å². The first-order valence-corrected chi connectivity index (χ1v) is 15.3. The molecule has 4 aromatic heterocycles. The molecule has 0 aliphatic heterocycles. The lowest BCUT2D eigenvalue weighted by Gasteiger charge is -2.07. The van der Waals surface area contributed by atoms with Crippen molar-refractivity contribution in [2.45, 2.75) is 0 Å². The number of halogens is 3. The molecular weight excluding hydrogens is 704 g/mol. The number of benzene rings is 4. The second-order valence-corrected chi connectivity index (χ2v) is 12.0. The minimum Gasteiger partial charge on any atom is -0.355 e. The Bertz CT molecular complexity index is 1990. The molecule has 0 radical (unpaired) electrons. The van der Waals surface area contributed by atoms with E-state index < -0.39 is 0 Å². The van der Waals surface area contributed by atoms with Crippen molar-refractivity contribution in [1.29, 1.82) is 0 Å². The molecule has 8 aromatic rings. The highest BCUT2D eigenvalue weighted by Gasteiger charge is 2.11. The van der Waals surface area contributed by atoms with Gasteiger partial charge < -0.3 is 9.55 Å². The predicted octanol–water partition coefficient (Wildman–Crippen LogP) is 10.9. The van der Waals surface area contributed by atoms with Gasteiger partial charge in [-0.15, -0.1) is 0 Å². The van der Waals surface area contributed by atoms with Crippen LogP contribution in [0.2, 0.25) is 0 Å². The van der Waals surface area contributed by atoms with E-state index in [-0.39, 0.29) is 0 Å². The Hall–Kier alpha value is -3.78. The van der Waals surface area contributed by atoms with Gasteiger partial charge in [0.1, 0.15) is 0 Å². The van der Waals surface area contributed by atoms with Crippen LogP contribution in [0, 0.1) is 0 Å². The Labute approximate surface area is 262 Å². The lowest BCUT2D eigenvalue weighted by atomic mass is 10.2. The summed E-state index contributed by atoms with van der Waals surface area (Å²) < 4.78 is 5.22. The molecule has 0 atom stereocenters. The molecule has 4 heterocycles. The largest absolute Gasteiger partial charge is 0.355 e. The van der Waals surface area contributed by atoms with Crippen molar-refractivity contribution < 1.29 is 0 Å². The maximum Gasteiger partial charge on any atom is 0.0656 e. The van der Waals surface area contributed by atoms with Crippen LogP contribution in [-0.2, 0) is 0 Å². The molecule has 0 saturated heterocycles. The van der Waals surface area contributed by atoms with E-state index >= 15 is 0 Å². The summed E-state index contributed by atoms with van der Waals surface area (Å²) in [5.74, 6) is 0. The zero-order chi connectivity index (χ0) is 28.2. The molecule has 7 heteroatoms. The first kappa shape index (κ1) is 27.4. The monoisotopic (exact) mass is 724 g/mol. The van der Waals surface area contributed by atoms with Crippen LogP contribution in [0.3, 0.4) is 0 Å². The molecule has 8 rings (SSSR count). The van der Waals surface area contributed by atoms with Gasteiger partial charge in [0.15, 0.2) is 0 Å². The zero-order valence-electron chi connectivity index (χ0n) is 21.7. The first-order valence-electron chi connectivity index (χ1n) is 12.9. The molecule has 4 aromatic carbocycles. The normalized spacial score (nSPS) is 10.8. The molecule has 1 N–H and O–H groups in total. The molecule has 0 fully saturated rings. The van der Waals surface area contributed by atoms with Crippen LogP contribution in [0.4, 0.5) is 0 Å². The van der Waals surface area contributed by atoms with E-state index in [4.69, 9.17) is 0 Å². The summed E-state index contributed by atoms with van der Waals surface area (Å²) in [4.78, 5) is 11.6. The second-order valence-electron chi connectivity index (χ2n) is 9.27. The van der Waals surface area contributed by atoms with Gasteiger partial charge in [-0.1, -0.05) is 72.8 Å². The predicted molar refractivity (Wildman–Crippen MR) is 182 cm³/mol. The van der Waals surface area contributed by atoms with Crippen LogP contribution >= 0.6 is 47.8 Å². The Morgan fingerprint density at radius 1 is 0.463 bits per heavy atom. The number of H-pyrrole nitrogens is 1. The summed E-state index contributed by atoms with van der Waals surface area (Å²) in [7, 11) is 0. The minimum atomic E-state index is 0.983. The molecule has 0 spiro atoms. The van der Waals surface area contributed by atoms with Crippen molar-refractivity contribution in [3.8, 4) is 5.69 Å². The Morgan fingerprint density at radius 3 is 1.34 bits per heavy atom. The molecule has 41 heavy (non-hydrogen) atoms. The maximum atomic E-state index is 4.29. The minimum absolute atomic E-state index is 0.983. The molecule has 200 valence electrons. The maximum absolute atomic E-state index is 4.29. The average Bonchev–Trinajstić information content (AvgIpc) is 3.54. The van der Waals surface area contributed by atoms with Crippen molar-refractivity contribution in [3.05, 3.63) is 147 Å². The number of hydrogen-bond donors (Lipinski definition) is 1. The fourth-order valence-corrected chi connectivity index (χ4v) is 6.30. The molecule has 4 nitrogen and oxygen atoms in total.